The first-order valence-electron chi connectivity index (χ1n) is 7.73. The Balaban J connectivity index is 1.87. The van der Waals surface area contributed by atoms with Crippen LogP contribution in [0.15, 0.2) is 48.7 Å². The highest BCUT2D eigenvalue weighted by Gasteiger charge is 2.11. The molecule has 23 heavy (non-hydrogen) atoms. The first kappa shape index (κ1) is 13.8. The van der Waals surface area contributed by atoms with Crippen molar-refractivity contribution in [2.24, 2.45) is 0 Å². The minimum absolute atomic E-state index is 0.667. The third-order valence-corrected chi connectivity index (χ3v) is 4.00. The SMILES string of the molecule is CCOc1ccc(-c2n[nH]c3c2cnc2ccc(C)cc23)cc1. The Bertz CT molecular complexity index is 987. The van der Waals surface area contributed by atoms with Crippen molar-refractivity contribution in [2.45, 2.75) is 13.8 Å². The van der Waals surface area contributed by atoms with Gasteiger partial charge in [0.2, 0.25) is 0 Å². The Labute approximate surface area is 134 Å². The van der Waals surface area contributed by atoms with Crippen molar-refractivity contribution in [1.82, 2.24) is 15.2 Å². The first-order valence-corrected chi connectivity index (χ1v) is 7.73. The van der Waals surface area contributed by atoms with E-state index in [1.807, 2.05) is 43.5 Å². The number of hydrogen-bond donors (Lipinski definition) is 1. The highest BCUT2D eigenvalue weighted by atomic mass is 16.5. The van der Waals surface area contributed by atoms with Crippen LogP contribution in [0.3, 0.4) is 0 Å². The molecule has 0 spiro atoms. The van der Waals surface area contributed by atoms with Crippen LogP contribution in [-0.4, -0.2) is 21.8 Å². The average Bonchev–Trinajstić information content (AvgIpc) is 3.00. The van der Waals surface area contributed by atoms with Gasteiger partial charge in [-0.3, -0.25) is 10.1 Å². The van der Waals surface area contributed by atoms with Crippen molar-refractivity contribution in [1.29, 1.82) is 0 Å². The van der Waals surface area contributed by atoms with Crippen molar-refractivity contribution in [3.05, 3.63) is 54.2 Å². The van der Waals surface area contributed by atoms with Crippen LogP contribution in [0, 0.1) is 6.92 Å². The van der Waals surface area contributed by atoms with Crippen molar-refractivity contribution >= 4 is 21.8 Å². The molecule has 1 N–H and O–H groups in total. The number of fused-ring (bicyclic) bond motifs is 3. The summed E-state index contributed by atoms with van der Waals surface area (Å²) < 4.78 is 5.50. The third kappa shape index (κ3) is 2.32. The van der Waals surface area contributed by atoms with Crippen LogP contribution in [-0.2, 0) is 0 Å². The normalized spacial score (nSPS) is 11.2. The van der Waals surface area contributed by atoms with E-state index in [9.17, 15) is 0 Å². The van der Waals surface area contributed by atoms with Gasteiger partial charge in [-0.25, -0.2) is 0 Å². The largest absolute Gasteiger partial charge is 0.494 e. The number of rotatable bonds is 3. The van der Waals surface area contributed by atoms with Crippen molar-refractivity contribution < 1.29 is 4.74 Å². The standard InChI is InChI=1S/C19H17N3O/c1-3-23-14-7-5-13(6-8-14)18-16-11-20-17-9-4-12(2)10-15(17)19(16)22-21-18/h4-11H,3H2,1-2H3,(H,21,22). The van der Waals surface area contributed by atoms with Crippen molar-refractivity contribution in [2.75, 3.05) is 6.61 Å². The predicted octanol–water partition coefficient (Wildman–Crippen LogP) is 4.49. The zero-order valence-electron chi connectivity index (χ0n) is 13.1. The molecule has 0 atom stereocenters. The van der Waals surface area contributed by atoms with E-state index in [1.54, 1.807) is 0 Å². The number of nitrogens with zero attached hydrogens (tertiary/aromatic N) is 2. The smallest absolute Gasteiger partial charge is 0.119 e. The summed E-state index contributed by atoms with van der Waals surface area (Å²) in [6.45, 7) is 4.73. The van der Waals surface area contributed by atoms with Gasteiger partial charge in [-0.2, -0.15) is 5.10 Å². The lowest BCUT2D eigenvalue weighted by Crippen LogP contribution is -1.90. The number of benzene rings is 2. The highest BCUT2D eigenvalue weighted by Crippen LogP contribution is 2.31. The van der Waals surface area contributed by atoms with Gasteiger partial charge in [0.25, 0.3) is 0 Å². The number of aromatic nitrogens is 3. The quantitative estimate of drug-likeness (QED) is 0.607. The highest BCUT2D eigenvalue weighted by molar-refractivity contribution is 6.07. The molecule has 0 saturated heterocycles. The van der Waals surface area contributed by atoms with Gasteiger partial charge in [0.1, 0.15) is 11.4 Å². The van der Waals surface area contributed by atoms with E-state index >= 15 is 0 Å². The van der Waals surface area contributed by atoms with E-state index < -0.39 is 0 Å². The van der Waals surface area contributed by atoms with Gasteiger partial charge in [0, 0.05) is 22.5 Å². The summed E-state index contributed by atoms with van der Waals surface area (Å²) in [5, 5.41) is 9.83. The molecular formula is C19H17N3O. The minimum Gasteiger partial charge on any atom is -0.494 e. The van der Waals surface area contributed by atoms with Crippen molar-refractivity contribution in [3.8, 4) is 17.0 Å². The average molecular weight is 303 g/mol. The molecule has 4 rings (SSSR count). The molecule has 0 amide bonds. The molecule has 0 saturated carbocycles. The van der Waals surface area contributed by atoms with Gasteiger partial charge in [-0.1, -0.05) is 11.6 Å². The molecule has 2 aromatic carbocycles. The number of H-pyrrole nitrogens is 1. The fourth-order valence-corrected chi connectivity index (χ4v) is 2.87. The summed E-state index contributed by atoms with van der Waals surface area (Å²) in [5.74, 6) is 0.871. The lowest BCUT2D eigenvalue weighted by Gasteiger charge is -2.04. The number of ether oxygens (including phenoxy) is 1. The number of pyridine rings is 1. The number of nitrogens with one attached hydrogen (secondary N) is 1. The summed E-state index contributed by atoms with van der Waals surface area (Å²) in [4.78, 5) is 4.57. The topological polar surface area (TPSA) is 50.8 Å². The van der Waals surface area contributed by atoms with E-state index in [1.165, 1.54) is 5.56 Å². The molecule has 0 aliphatic rings. The molecule has 0 unspecified atom stereocenters. The van der Waals surface area contributed by atoms with Crippen LogP contribution in [0.25, 0.3) is 33.1 Å². The van der Waals surface area contributed by atoms with Crippen LogP contribution >= 0.6 is 0 Å². The Hall–Kier alpha value is -2.88. The molecule has 0 aliphatic carbocycles. The fraction of sp³-hybridized carbons (Fsp3) is 0.158. The van der Waals surface area contributed by atoms with Gasteiger partial charge in [0.05, 0.1) is 17.6 Å². The van der Waals surface area contributed by atoms with E-state index in [0.29, 0.717) is 6.61 Å². The van der Waals surface area contributed by atoms with Crippen LogP contribution in [0.1, 0.15) is 12.5 Å². The molecule has 4 heteroatoms. The van der Waals surface area contributed by atoms with E-state index in [4.69, 9.17) is 4.74 Å². The second kappa shape index (κ2) is 5.39. The number of aromatic amines is 1. The Morgan fingerprint density at radius 1 is 1.04 bits per heavy atom. The van der Waals surface area contributed by atoms with Crippen molar-refractivity contribution in [3.63, 3.8) is 0 Å². The van der Waals surface area contributed by atoms with Gasteiger partial charge in [-0.15, -0.1) is 0 Å². The fourth-order valence-electron chi connectivity index (χ4n) is 2.87. The third-order valence-electron chi connectivity index (χ3n) is 4.00. The molecule has 2 heterocycles. The Morgan fingerprint density at radius 3 is 2.65 bits per heavy atom. The van der Waals surface area contributed by atoms with Crippen LogP contribution in [0.2, 0.25) is 0 Å². The predicted molar refractivity (Wildman–Crippen MR) is 92.7 cm³/mol. The Morgan fingerprint density at radius 2 is 1.87 bits per heavy atom. The molecule has 4 nitrogen and oxygen atoms in total. The molecule has 0 bridgehead atoms. The van der Waals surface area contributed by atoms with Gasteiger partial charge >= 0.3 is 0 Å². The molecule has 0 aliphatic heterocycles. The second-order valence-corrected chi connectivity index (χ2v) is 5.60. The van der Waals surface area contributed by atoms with E-state index in [2.05, 4.69) is 34.2 Å². The number of hydrogen-bond acceptors (Lipinski definition) is 3. The molecular weight excluding hydrogens is 286 g/mol. The van der Waals surface area contributed by atoms with Gasteiger partial charge < -0.3 is 4.74 Å². The molecule has 2 aromatic heterocycles. The summed E-state index contributed by atoms with van der Waals surface area (Å²) in [6.07, 6.45) is 1.89. The zero-order valence-corrected chi connectivity index (χ0v) is 13.1. The number of aryl methyl sites for hydroxylation is 1. The lowest BCUT2D eigenvalue weighted by molar-refractivity contribution is 0.340. The summed E-state index contributed by atoms with van der Waals surface area (Å²) in [7, 11) is 0. The lowest BCUT2D eigenvalue weighted by atomic mass is 10.1. The minimum atomic E-state index is 0.667. The maximum atomic E-state index is 5.50. The monoisotopic (exact) mass is 303 g/mol. The summed E-state index contributed by atoms with van der Waals surface area (Å²) in [6, 6.07) is 14.3. The Kier molecular flexibility index (Phi) is 3.23. The maximum Gasteiger partial charge on any atom is 0.119 e. The van der Waals surface area contributed by atoms with Crippen LogP contribution in [0.5, 0.6) is 5.75 Å². The zero-order chi connectivity index (χ0) is 15.8. The maximum absolute atomic E-state index is 5.50. The second-order valence-electron chi connectivity index (χ2n) is 5.60. The molecule has 4 aromatic rings. The summed E-state index contributed by atoms with van der Waals surface area (Å²) in [5.41, 5.74) is 5.18. The molecule has 114 valence electrons. The van der Waals surface area contributed by atoms with Gasteiger partial charge in [0.15, 0.2) is 0 Å². The van der Waals surface area contributed by atoms with Crippen LogP contribution in [0.4, 0.5) is 0 Å². The molecule has 0 fully saturated rings. The van der Waals surface area contributed by atoms with Crippen LogP contribution < -0.4 is 4.74 Å². The van der Waals surface area contributed by atoms with E-state index in [-0.39, 0.29) is 0 Å². The van der Waals surface area contributed by atoms with E-state index in [0.717, 1.165) is 38.8 Å². The molecule has 0 radical (unpaired) electrons. The first-order chi connectivity index (χ1) is 11.3. The summed E-state index contributed by atoms with van der Waals surface area (Å²) >= 11 is 0. The van der Waals surface area contributed by atoms with Gasteiger partial charge in [-0.05, 0) is 50.2 Å².